The molecule has 0 aromatic heterocycles. The molecule has 0 aliphatic rings. The van der Waals surface area contributed by atoms with Crippen LogP contribution in [0.5, 0.6) is 0 Å². The molecule has 0 unspecified atom stereocenters. The molecule has 0 spiro atoms. The summed E-state index contributed by atoms with van der Waals surface area (Å²) in [6.45, 7) is 20.3. The van der Waals surface area contributed by atoms with Gasteiger partial charge in [-0.3, -0.25) is 0 Å². The van der Waals surface area contributed by atoms with E-state index in [0.29, 0.717) is 0 Å². The van der Waals surface area contributed by atoms with Crippen LogP contribution in [0.2, 0.25) is 0 Å². The van der Waals surface area contributed by atoms with E-state index in [0.717, 1.165) is 0 Å². The van der Waals surface area contributed by atoms with Crippen LogP contribution in [0.25, 0.3) is 0 Å². The smallest absolute Gasteiger partial charge is 0.00686 e. The predicted molar refractivity (Wildman–Crippen MR) is 86.5 cm³/mol. The molecule has 0 amide bonds. The number of hydrogen-bond donors (Lipinski definition) is 2. The first-order valence-corrected chi connectivity index (χ1v) is 6.41. The van der Waals surface area contributed by atoms with Crippen molar-refractivity contribution in [2.75, 3.05) is 0 Å². The average molecular weight is 251 g/mol. The lowest BCUT2D eigenvalue weighted by Crippen LogP contribution is -2.26. The van der Waals surface area contributed by atoms with Crippen molar-refractivity contribution in [3.05, 3.63) is 0 Å². The maximum absolute atomic E-state index is 5.35. The van der Waals surface area contributed by atoms with Crippen molar-refractivity contribution < 1.29 is 0 Å². The molecule has 0 atom stereocenters. The molecule has 4 N–H and O–H groups in total. The molecule has 0 aromatic rings. The molecule has 0 saturated heterocycles. The number of rotatable bonds is 0. The number of nitrogens with two attached hydrogens (primary N) is 2. The molecule has 0 radical (unpaired) electrons. The van der Waals surface area contributed by atoms with Crippen LogP contribution in [-0.4, -0.2) is 11.1 Å². The van der Waals surface area contributed by atoms with E-state index in [2.05, 4.69) is 27.7 Å². The molecule has 0 rings (SSSR count). The predicted octanol–water partition coefficient (Wildman–Crippen LogP) is 4.96. The fourth-order valence-corrected chi connectivity index (χ4v) is 0. The Bertz CT molecular complexity index is 70.5. The van der Waals surface area contributed by atoms with Crippen LogP contribution in [-0.2, 0) is 0 Å². The van der Waals surface area contributed by atoms with Gasteiger partial charge >= 0.3 is 0 Å². The third-order valence-electron chi connectivity index (χ3n) is 0. The summed E-state index contributed by atoms with van der Waals surface area (Å²) in [6, 6.07) is 0. The molecule has 0 aromatic carbocycles. The molecule has 17 heavy (non-hydrogen) atoms. The van der Waals surface area contributed by atoms with E-state index >= 15 is 0 Å². The first kappa shape index (κ1) is 30.2. The zero-order valence-electron chi connectivity index (χ0n) is 13.6. The second-order valence-corrected chi connectivity index (χ2v) is 6.15. The first-order chi connectivity index (χ1) is 6.83. The minimum absolute atomic E-state index is 0. The summed E-state index contributed by atoms with van der Waals surface area (Å²) in [7, 11) is 0. The van der Waals surface area contributed by atoms with Gasteiger partial charge in [-0.15, -0.1) is 0 Å². The molecule has 112 valence electrons. The summed E-state index contributed by atoms with van der Waals surface area (Å²) in [6.07, 6.45) is 2.50. The van der Waals surface area contributed by atoms with Gasteiger partial charge in [0.15, 0.2) is 0 Å². The van der Waals surface area contributed by atoms with E-state index in [1.165, 1.54) is 12.8 Å². The minimum atomic E-state index is 0. The lowest BCUT2D eigenvalue weighted by Gasteiger charge is -2.06. The Morgan fingerprint density at radius 1 is 0.588 bits per heavy atom. The topological polar surface area (TPSA) is 52.0 Å². The van der Waals surface area contributed by atoms with Gasteiger partial charge in [0.2, 0.25) is 0 Å². The van der Waals surface area contributed by atoms with Gasteiger partial charge in [-0.1, -0.05) is 48.0 Å². The van der Waals surface area contributed by atoms with Crippen molar-refractivity contribution in [1.82, 2.24) is 0 Å². The zero-order valence-corrected chi connectivity index (χ0v) is 13.6. The van der Waals surface area contributed by atoms with E-state index in [1.54, 1.807) is 0 Å². The summed E-state index contributed by atoms with van der Waals surface area (Å²) >= 11 is 0. The monoisotopic (exact) mass is 250 g/mol. The van der Waals surface area contributed by atoms with Crippen molar-refractivity contribution in [3.8, 4) is 0 Å². The number of hydrogen-bond acceptors (Lipinski definition) is 2. The Hall–Kier alpha value is -0.0800. The van der Waals surface area contributed by atoms with Crippen LogP contribution < -0.4 is 11.5 Å². The maximum atomic E-state index is 5.35. The summed E-state index contributed by atoms with van der Waals surface area (Å²) in [4.78, 5) is 0. The fourth-order valence-electron chi connectivity index (χ4n) is 0. The molecule has 2 nitrogen and oxygen atoms in total. The van der Waals surface area contributed by atoms with Gasteiger partial charge in [0.1, 0.15) is 0 Å². The molecule has 0 saturated carbocycles. The van der Waals surface area contributed by atoms with E-state index in [9.17, 15) is 0 Å². The zero-order chi connectivity index (χ0) is 14.4. The Morgan fingerprint density at radius 2 is 0.588 bits per heavy atom. The Balaban J connectivity index is -0.0000000381. The van der Waals surface area contributed by atoms with Crippen LogP contribution in [0.3, 0.4) is 0 Å². The SMILES string of the molecule is C.CC(C)(C)N.CC(C)(C)N.CCC.CCC. The Kier molecular flexibility index (Phi) is 32.5. The van der Waals surface area contributed by atoms with Gasteiger partial charge in [-0.2, -0.15) is 0 Å². The standard InChI is InChI=1S/2C4H11N.2C3H8.CH4/c2*1-4(2,3)5;2*1-3-2;/h2*5H2,1-3H3;2*3H2,1-2H3;1H4. The van der Waals surface area contributed by atoms with E-state index in [4.69, 9.17) is 11.5 Å². The fraction of sp³-hybridized carbons (Fsp3) is 1.00. The molecule has 0 heterocycles. The Labute approximate surface area is 113 Å². The highest BCUT2D eigenvalue weighted by molar-refractivity contribution is 4.60. The van der Waals surface area contributed by atoms with Gasteiger partial charge in [-0.25, -0.2) is 0 Å². The summed E-state index contributed by atoms with van der Waals surface area (Å²) in [5.41, 5.74) is 10.7. The molecular weight excluding hydrogens is 208 g/mol. The van der Waals surface area contributed by atoms with Crippen molar-refractivity contribution in [2.24, 2.45) is 11.5 Å². The lowest BCUT2D eigenvalue weighted by atomic mass is 10.1. The van der Waals surface area contributed by atoms with Crippen molar-refractivity contribution in [2.45, 2.75) is 101 Å². The van der Waals surface area contributed by atoms with Crippen molar-refractivity contribution in [1.29, 1.82) is 0 Å². The summed E-state index contributed by atoms with van der Waals surface area (Å²) in [5, 5.41) is 0. The van der Waals surface area contributed by atoms with Gasteiger partial charge in [0.05, 0.1) is 0 Å². The highest BCUT2D eigenvalue weighted by Crippen LogP contribution is 1.88. The quantitative estimate of drug-likeness (QED) is 0.638. The second-order valence-electron chi connectivity index (χ2n) is 6.15. The minimum Gasteiger partial charge on any atom is -0.326 e. The van der Waals surface area contributed by atoms with Crippen LogP contribution >= 0.6 is 0 Å². The highest BCUT2D eigenvalue weighted by Gasteiger charge is 1.95. The van der Waals surface area contributed by atoms with Crippen LogP contribution in [0.1, 0.15) is 89.5 Å². The van der Waals surface area contributed by atoms with Crippen LogP contribution in [0, 0.1) is 0 Å². The molecule has 0 aliphatic heterocycles. The molecule has 0 fully saturated rings. The summed E-state index contributed by atoms with van der Waals surface area (Å²) < 4.78 is 0. The maximum Gasteiger partial charge on any atom is 0.00686 e. The van der Waals surface area contributed by atoms with Gasteiger partial charge in [-0.05, 0) is 41.5 Å². The third kappa shape index (κ3) is 482000. The molecular formula is C15H42N2. The van der Waals surface area contributed by atoms with Crippen LogP contribution in [0.15, 0.2) is 0 Å². The van der Waals surface area contributed by atoms with Gasteiger partial charge in [0.25, 0.3) is 0 Å². The average Bonchev–Trinajstić information content (AvgIpc) is 1.79. The third-order valence-corrected chi connectivity index (χ3v) is 0. The first-order valence-electron chi connectivity index (χ1n) is 6.41. The molecule has 0 bridgehead atoms. The second kappa shape index (κ2) is 18.3. The van der Waals surface area contributed by atoms with Crippen molar-refractivity contribution >= 4 is 0 Å². The normalized spacial score (nSPS) is 9.18. The highest BCUT2D eigenvalue weighted by atomic mass is 14.7. The van der Waals surface area contributed by atoms with E-state index in [1.807, 2.05) is 41.5 Å². The van der Waals surface area contributed by atoms with Gasteiger partial charge < -0.3 is 11.5 Å². The molecule has 0 aliphatic carbocycles. The van der Waals surface area contributed by atoms with Crippen LogP contribution in [0.4, 0.5) is 0 Å². The summed E-state index contributed by atoms with van der Waals surface area (Å²) in [5.74, 6) is 0. The lowest BCUT2D eigenvalue weighted by molar-refractivity contribution is 0.579. The van der Waals surface area contributed by atoms with E-state index in [-0.39, 0.29) is 18.5 Å². The molecule has 2 heteroatoms. The van der Waals surface area contributed by atoms with E-state index < -0.39 is 0 Å². The van der Waals surface area contributed by atoms with Crippen molar-refractivity contribution in [3.63, 3.8) is 0 Å². The largest absolute Gasteiger partial charge is 0.326 e. The van der Waals surface area contributed by atoms with Gasteiger partial charge in [0, 0.05) is 11.1 Å². The Morgan fingerprint density at radius 3 is 0.588 bits per heavy atom.